The van der Waals surface area contributed by atoms with Crippen LogP contribution in [-0.2, 0) is 0 Å². The molecule has 0 aliphatic heterocycles. The Hall–Kier alpha value is -1.65. The molecule has 1 rings (SSSR count). The molecule has 0 bridgehead atoms. The standard InChI is InChI=1S/C10H12FNO3/c1-10(2,3)15-8-7(9(13)14)4-6(11)5-12-8/h4-5H,1-3H3,(H,13,14). The summed E-state index contributed by atoms with van der Waals surface area (Å²) in [6, 6.07) is 0.885. The molecule has 0 fully saturated rings. The molecule has 5 heteroatoms. The van der Waals surface area contributed by atoms with Crippen LogP contribution in [0.5, 0.6) is 5.88 Å². The van der Waals surface area contributed by atoms with Gasteiger partial charge in [-0.25, -0.2) is 14.2 Å². The molecule has 1 heterocycles. The van der Waals surface area contributed by atoms with Crippen molar-refractivity contribution in [3.8, 4) is 5.88 Å². The van der Waals surface area contributed by atoms with Crippen molar-refractivity contribution in [2.45, 2.75) is 26.4 Å². The molecule has 0 aliphatic carbocycles. The van der Waals surface area contributed by atoms with Gasteiger partial charge in [0.15, 0.2) is 0 Å². The molecule has 0 saturated carbocycles. The highest BCUT2D eigenvalue weighted by Crippen LogP contribution is 2.21. The van der Waals surface area contributed by atoms with Gasteiger partial charge in [-0.15, -0.1) is 0 Å². The number of carbonyl (C=O) groups is 1. The highest BCUT2D eigenvalue weighted by molar-refractivity contribution is 5.90. The van der Waals surface area contributed by atoms with Gasteiger partial charge in [-0.3, -0.25) is 0 Å². The van der Waals surface area contributed by atoms with E-state index in [1.165, 1.54) is 0 Å². The maximum absolute atomic E-state index is 12.8. The fraction of sp³-hybridized carbons (Fsp3) is 0.400. The lowest BCUT2D eigenvalue weighted by Crippen LogP contribution is -2.25. The van der Waals surface area contributed by atoms with Crippen LogP contribution in [0.4, 0.5) is 4.39 Å². The van der Waals surface area contributed by atoms with Crippen LogP contribution in [-0.4, -0.2) is 21.7 Å². The summed E-state index contributed by atoms with van der Waals surface area (Å²) in [6.45, 7) is 5.26. The molecule has 15 heavy (non-hydrogen) atoms. The number of aromatic nitrogens is 1. The molecule has 4 nitrogen and oxygen atoms in total. The maximum Gasteiger partial charge on any atom is 0.341 e. The fourth-order valence-electron chi connectivity index (χ4n) is 0.951. The van der Waals surface area contributed by atoms with Gasteiger partial charge in [0.05, 0.1) is 6.20 Å². The number of pyridine rings is 1. The normalized spacial score (nSPS) is 11.2. The molecular weight excluding hydrogens is 201 g/mol. The van der Waals surface area contributed by atoms with Crippen LogP contribution in [0.15, 0.2) is 12.3 Å². The zero-order valence-electron chi connectivity index (χ0n) is 8.74. The van der Waals surface area contributed by atoms with Gasteiger partial charge in [0.2, 0.25) is 5.88 Å². The second kappa shape index (κ2) is 3.84. The van der Waals surface area contributed by atoms with Gasteiger partial charge >= 0.3 is 5.97 Å². The van der Waals surface area contributed by atoms with Crippen LogP contribution in [0, 0.1) is 5.82 Å². The lowest BCUT2D eigenvalue weighted by Gasteiger charge is -2.21. The third-order valence-corrected chi connectivity index (χ3v) is 1.45. The Morgan fingerprint density at radius 1 is 1.53 bits per heavy atom. The van der Waals surface area contributed by atoms with E-state index in [0.717, 1.165) is 12.3 Å². The molecule has 82 valence electrons. The number of aromatic carboxylic acids is 1. The summed E-state index contributed by atoms with van der Waals surface area (Å²) in [6.07, 6.45) is 0.924. The number of hydrogen-bond donors (Lipinski definition) is 1. The number of halogens is 1. The second-order valence-electron chi connectivity index (χ2n) is 4.03. The zero-order chi connectivity index (χ0) is 11.6. The highest BCUT2D eigenvalue weighted by Gasteiger charge is 2.19. The second-order valence-corrected chi connectivity index (χ2v) is 4.03. The van der Waals surface area contributed by atoms with Crippen LogP contribution in [0.3, 0.4) is 0 Å². The van der Waals surface area contributed by atoms with Crippen molar-refractivity contribution in [3.63, 3.8) is 0 Å². The summed E-state index contributed by atoms with van der Waals surface area (Å²) < 4.78 is 18.0. The van der Waals surface area contributed by atoms with Gasteiger partial charge in [0.25, 0.3) is 0 Å². The van der Waals surface area contributed by atoms with Crippen LogP contribution in [0.2, 0.25) is 0 Å². The molecule has 0 amide bonds. The van der Waals surface area contributed by atoms with Crippen molar-refractivity contribution in [3.05, 3.63) is 23.6 Å². The van der Waals surface area contributed by atoms with Crippen molar-refractivity contribution >= 4 is 5.97 Å². The number of carboxylic acids is 1. The molecule has 1 aromatic rings. The van der Waals surface area contributed by atoms with E-state index in [9.17, 15) is 9.18 Å². The van der Waals surface area contributed by atoms with E-state index >= 15 is 0 Å². The van der Waals surface area contributed by atoms with Crippen LogP contribution >= 0.6 is 0 Å². The van der Waals surface area contributed by atoms with E-state index in [2.05, 4.69) is 4.98 Å². The molecule has 0 radical (unpaired) electrons. The van der Waals surface area contributed by atoms with Crippen molar-refractivity contribution in [2.24, 2.45) is 0 Å². The lowest BCUT2D eigenvalue weighted by atomic mass is 10.2. The number of ether oxygens (including phenoxy) is 1. The monoisotopic (exact) mass is 213 g/mol. The lowest BCUT2D eigenvalue weighted by molar-refractivity contribution is 0.0676. The SMILES string of the molecule is CC(C)(C)Oc1ncc(F)cc1C(=O)O. The first-order valence-electron chi connectivity index (χ1n) is 4.37. The molecule has 0 atom stereocenters. The third kappa shape index (κ3) is 3.19. The van der Waals surface area contributed by atoms with Gasteiger partial charge in [0, 0.05) is 0 Å². The van der Waals surface area contributed by atoms with E-state index < -0.39 is 17.4 Å². The number of carboxylic acid groups (broad SMARTS) is 1. The molecule has 0 spiro atoms. The third-order valence-electron chi connectivity index (χ3n) is 1.45. The smallest absolute Gasteiger partial charge is 0.341 e. The van der Waals surface area contributed by atoms with Gasteiger partial charge in [-0.1, -0.05) is 0 Å². The minimum atomic E-state index is -1.26. The minimum absolute atomic E-state index is 0.0728. The molecular formula is C10H12FNO3. The first-order chi connectivity index (χ1) is 6.79. The van der Waals surface area contributed by atoms with Crippen LogP contribution in [0.25, 0.3) is 0 Å². The predicted octanol–water partition coefficient (Wildman–Crippen LogP) is 2.10. The number of rotatable bonds is 2. The maximum atomic E-state index is 12.8. The first kappa shape index (κ1) is 11.4. The highest BCUT2D eigenvalue weighted by atomic mass is 19.1. The molecule has 0 aliphatic rings. The van der Waals surface area contributed by atoms with Crippen molar-refractivity contribution in [2.75, 3.05) is 0 Å². The average molecular weight is 213 g/mol. The van der Waals surface area contributed by atoms with E-state index in [4.69, 9.17) is 9.84 Å². The van der Waals surface area contributed by atoms with Crippen molar-refractivity contribution < 1.29 is 19.0 Å². The van der Waals surface area contributed by atoms with Crippen molar-refractivity contribution in [1.82, 2.24) is 4.98 Å². The fourth-order valence-corrected chi connectivity index (χ4v) is 0.951. The van der Waals surface area contributed by atoms with E-state index in [-0.39, 0.29) is 11.4 Å². The number of nitrogens with zero attached hydrogens (tertiary/aromatic N) is 1. The quantitative estimate of drug-likeness (QED) is 0.817. The van der Waals surface area contributed by atoms with Gasteiger partial charge in [-0.2, -0.15) is 0 Å². The van der Waals surface area contributed by atoms with E-state index in [1.807, 2.05) is 0 Å². The Bertz CT molecular complexity index is 385. The van der Waals surface area contributed by atoms with Gasteiger partial charge in [0.1, 0.15) is 17.0 Å². The van der Waals surface area contributed by atoms with Crippen LogP contribution < -0.4 is 4.74 Å². The predicted molar refractivity (Wildman–Crippen MR) is 51.5 cm³/mol. The summed E-state index contributed by atoms with van der Waals surface area (Å²) in [5.74, 6) is -2.04. The molecule has 1 aromatic heterocycles. The van der Waals surface area contributed by atoms with Crippen LogP contribution in [0.1, 0.15) is 31.1 Å². The topological polar surface area (TPSA) is 59.4 Å². The first-order valence-corrected chi connectivity index (χ1v) is 4.37. The minimum Gasteiger partial charge on any atom is -0.477 e. The summed E-state index contributed by atoms with van der Waals surface area (Å²) in [4.78, 5) is 14.4. The van der Waals surface area contributed by atoms with Crippen molar-refractivity contribution in [1.29, 1.82) is 0 Å². The Morgan fingerprint density at radius 3 is 2.60 bits per heavy atom. The largest absolute Gasteiger partial charge is 0.477 e. The summed E-state index contributed by atoms with van der Waals surface area (Å²) in [5, 5.41) is 8.80. The van der Waals surface area contributed by atoms with Gasteiger partial charge < -0.3 is 9.84 Å². The zero-order valence-corrected chi connectivity index (χ0v) is 8.74. The molecule has 0 unspecified atom stereocenters. The molecule has 0 saturated heterocycles. The Balaban J connectivity index is 3.12. The van der Waals surface area contributed by atoms with Gasteiger partial charge in [-0.05, 0) is 26.8 Å². The summed E-state index contributed by atoms with van der Waals surface area (Å²) in [5.41, 5.74) is -0.848. The molecule has 1 N–H and O–H groups in total. The number of hydrogen-bond acceptors (Lipinski definition) is 3. The Kier molecular flexibility index (Phi) is 2.93. The summed E-state index contributed by atoms with van der Waals surface area (Å²) >= 11 is 0. The summed E-state index contributed by atoms with van der Waals surface area (Å²) in [7, 11) is 0. The molecule has 0 aromatic carbocycles. The van der Waals surface area contributed by atoms with E-state index in [1.54, 1.807) is 20.8 Å². The van der Waals surface area contributed by atoms with E-state index in [0.29, 0.717) is 0 Å². The Labute approximate surface area is 86.7 Å². The Morgan fingerprint density at radius 2 is 2.13 bits per heavy atom. The average Bonchev–Trinajstić information content (AvgIpc) is 2.05.